The maximum atomic E-state index is 14.3. The van der Waals surface area contributed by atoms with E-state index in [2.05, 4.69) is 15.0 Å². The Labute approximate surface area is 231 Å². The summed E-state index contributed by atoms with van der Waals surface area (Å²) < 4.78 is 30.2. The average Bonchev–Trinajstić information content (AvgIpc) is 3.29. The maximum absolute atomic E-state index is 14.3. The van der Waals surface area contributed by atoms with Gasteiger partial charge in [-0.25, -0.2) is 13.8 Å². The molecule has 1 saturated heterocycles. The number of nitrogens with zero attached hydrogens (tertiary/aromatic N) is 5. The summed E-state index contributed by atoms with van der Waals surface area (Å²) in [6, 6.07) is 5.64. The third-order valence-electron chi connectivity index (χ3n) is 7.45. The number of fused-ring (bicyclic) bond motifs is 1. The van der Waals surface area contributed by atoms with E-state index in [9.17, 15) is 23.5 Å². The first-order valence-corrected chi connectivity index (χ1v) is 13.5. The average molecular weight is 562 g/mol. The second-order valence-electron chi connectivity index (χ2n) is 11.1. The van der Waals surface area contributed by atoms with Crippen LogP contribution in [0.4, 0.5) is 14.6 Å². The molecule has 0 spiro atoms. The number of hydrogen-bond donors (Lipinski definition) is 1. The number of rotatable bonds is 8. The Kier molecular flexibility index (Phi) is 8.16. The van der Waals surface area contributed by atoms with Crippen molar-refractivity contribution in [1.29, 1.82) is 0 Å². The van der Waals surface area contributed by atoms with Crippen LogP contribution in [0.1, 0.15) is 64.4 Å². The zero-order chi connectivity index (χ0) is 28.6. The lowest BCUT2D eigenvalue weighted by molar-refractivity contribution is -0.139. The van der Waals surface area contributed by atoms with Gasteiger partial charge in [0.05, 0.1) is 5.69 Å². The van der Waals surface area contributed by atoms with Crippen LogP contribution in [-0.2, 0) is 4.79 Å². The van der Waals surface area contributed by atoms with Gasteiger partial charge in [0.15, 0.2) is 11.3 Å². The summed E-state index contributed by atoms with van der Waals surface area (Å²) in [6.07, 6.45) is 1.49. The molecule has 1 atom stereocenters. The molecular weight excluding hydrogens is 528 g/mol. The number of amides is 1. The summed E-state index contributed by atoms with van der Waals surface area (Å²) >= 11 is 5.70. The Morgan fingerprint density at radius 3 is 2.44 bits per heavy atom. The summed E-state index contributed by atoms with van der Waals surface area (Å²) in [7, 11) is 0. The number of carboxylic acids is 1. The molecular formula is C28H34ClF2N5O3. The predicted octanol–water partition coefficient (Wildman–Crippen LogP) is 5.92. The molecule has 8 nitrogen and oxygen atoms in total. The topological polar surface area (TPSA) is 91.0 Å². The fourth-order valence-corrected chi connectivity index (χ4v) is 5.43. The number of carboxylic acid groups (broad SMARTS) is 1. The summed E-state index contributed by atoms with van der Waals surface area (Å²) in [5, 5.41) is 13.3. The number of aromatic nitrogens is 3. The van der Waals surface area contributed by atoms with E-state index < -0.39 is 22.6 Å². The number of benzene rings is 1. The molecule has 0 radical (unpaired) electrons. The highest BCUT2D eigenvalue weighted by atomic mass is 35.5. The molecule has 1 N–H and O–H groups in total. The van der Waals surface area contributed by atoms with Crippen molar-refractivity contribution in [1.82, 2.24) is 19.5 Å². The highest BCUT2D eigenvalue weighted by molar-refractivity contribution is 6.31. The summed E-state index contributed by atoms with van der Waals surface area (Å²) in [5.41, 5.74) is 0.726. The zero-order valence-corrected chi connectivity index (χ0v) is 23.6. The van der Waals surface area contributed by atoms with Crippen LogP contribution in [0.2, 0.25) is 5.02 Å². The molecule has 1 aromatic carbocycles. The quantitative estimate of drug-likeness (QED) is 0.344. The molecule has 3 aromatic rings. The van der Waals surface area contributed by atoms with Crippen LogP contribution in [0, 0.1) is 23.0 Å². The van der Waals surface area contributed by atoms with E-state index in [0.717, 1.165) is 18.6 Å². The number of carbonyl (C=O) groups excluding carboxylic acids is 1. The third kappa shape index (κ3) is 5.85. The van der Waals surface area contributed by atoms with E-state index in [0.29, 0.717) is 43.2 Å². The minimum Gasteiger partial charge on any atom is -0.481 e. The Morgan fingerprint density at radius 2 is 1.87 bits per heavy atom. The molecule has 1 amide bonds. The first kappa shape index (κ1) is 28.7. The Bertz CT molecular complexity index is 1380. The van der Waals surface area contributed by atoms with Crippen molar-refractivity contribution in [3.05, 3.63) is 46.6 Å². The molecule has 4 rings (SSSR count). The molecule has 210 valence electrons. The van der Waals surface area contributed by atoms with Gasteiger partial charge in [-0.3, -0.25) is 9.59 Å². The third-order valence-corrected chi connectivity index (χ3v) is 7.81. The predicted molar refractivity (Wildman–Crippen MR) is 146 cm³/mol. The van der Waals surface area contributed by atoms with Gasteiger partial charge in [-0.2, -0.15) is 9.61 Å². The molecule has 0 saturated carbocycles. The number of hydrogen-bond acceptors (Lipinski definition) is 5. The first-order valence-electron chi connectivity index (χ1n) is 13.2. The molecule has 1 fully saturated rings. The fraction of sp³-hybridized carbons (Fsp3) is 0.500. The standard InChI is InChI=1S/C28H34ClF2N5O3/c1-6-8-35(16(2)3)24-14-21(17-10-19(30)26(29)20(31)11-17)32-23-13-22(33-36(23)24)27(39)34-9-7-18(12-25(37)38)28(4,5)15-34/h10-11,13-14,16,18H,6-9,12,15H2,1-5H3,(H,37,38). The molecule has 11 heteroatoms. The SMILES string of the molecule is CCCN(c1cc(-c2cc(F)c(Cl)c(F)c2)nc2cc(C(=O)N3CCC(CC(=O)O)C(C)(C)C3)nn12)C(C)C. The maximum Gasteiger partial charge on any atom is 0.303 e. The van der Waals surface area contributed by atoms with E-state index in [1.54, 1.807) is 21.5 Å². The molecule has 0 bridgehead atoms. The highest BCUT2D eigenvalue weighted by Crippen LogP contribution is 2.38. The van der Waals surface area contributed by atoms with E-state index >= 15 is 0 Å². The van der Waals surface area contributed by atoms with Crippen molar-refractivity contribution in [3.8, 4) is 11.3 Å². The number of piperidine rings is 1. The van der Waals surface area contributed by atoms with Crippen molar-refractivity contribution in [2.24, 2.45) is 11.3 Å². The van der Waals surface area contributed by atoms with Gasteiger partial charge in [0, 0.05) is 49.8 Å². The van der Waals surface area contributed by atoms with Crippen LogP contribution in [0.3, 0.4) is 0 Å². The molecule has 39 heavy (non-hydrogen) atoms. The van der Waals surface area contributed by atoms with E-state index in [4.69, 9.17) is 11.6 Å². The number of anilines is 1. The van der Waals surface area contributed by atoms with Gasteiger partial charge in [-0.05, 0) is 50.2 Å². The van der Waals surface area contributed by atoms with Crippen LogP contribution >= 0.6 is 11.6 Å². The summed E-state index contributed by atoms with van der Waals surface area (Å²) in [4.78, 5) is 33.3. The molecule has 1 unspecified atom stereocenters. The van der Waals surface area contributed by atoms with Crippen LogP contribution in [0.15, 0.2) is 24.3 Å². The molecule has 1 aliphatic heterocycles. The monoisotopic (exact) mass is 561 g/mol. The van der Waals surface area contributed by atoms with Crippen LogP contribution in [0.5, 0.6) is 0 Å². The minimum atomic E-state index is -0.887. The van der Waals surface area contributed by atoms with Crippen LogP contribution in [0.25, 0.3) is 16.9 Å². The van der Waals surface area contributed by atoms with Gasteiger partial charge in [0.25, 0.3) is 5.91 Å². The number of likely N-dealkylation sites (tertiary alicyclic amines) is 1. The van der Waals surface area contributed by atoms with E-state index in [1.165, 1.54) is 0 Å². The van der Waals surface area contributed by atoms with Crippen LogP contribution < -0.4 is 4.90 Å². The number of carbonyl (C=O) groups is 2. The largest absolute Gasteiger partial charge is 0.481 e. The second-order valence-corrected chi connectivity index (χ2v) is 11.5. The van der Waals surface area contributed by atoms with E-state index in [1.807, 2.05) is 34.6 Å². The second kappa shape index (κ2) is 11.1. The first-order chi connectivity index (χ1) is 18.3. The van der Waals surface area contributed by atoms with Crippen LogP contribution in [-0.4, -0.2) is 62.2 Å². The fourth-order valence-electron chi connectivity index (χ4n) is 5.32. The van der Waals surface area contributed by atoms with Gasteiger partial charge in [0.2, 0.25) is 0 Å². The van der Waals surface area contributed by atoms with Crippen molar-refractivity contribution in [2.75, 3.05) is 24.5 Å². The smallest absolute Gasteiger partial charge is 0.303 e. The molecule has 3 heterocycles. The van der Waals surface area contributed by atoms with Crippen molar-refractivity contribution in [3.63, 3.8) is 0 Å². The molecule has 0 aliphatic carbocycles. The Hall–Kier alpha value is -3.27. The normalized spacial score (nSPS) is 17.2. The highest BCUT2D eigenvalue weighted by Gasteiger charge is 2.39. The number of halogens is 3. The lowest BCUT2D eigenvalue weighted by Gasteiger charge is -2.43. The van der Waals surface area contributed by atoms with Gasteiger partial charge < -0.3 is 14.9 Å². The Balaban J connectivity index is 1.78. The van der Waals surface area contributed by atoms with Crippen molar-refractivity contribution < 1.29 is 23.5 Å². The lowest BCUT2D eigenvalue weighted by Crippen LogP contribution is -2.48. The number of aliphatic carboxylic acids is 1. The summed E-state index contributed by atoms with van der Waals surface area (Å²) in [6.45, 7) is 11.6. The molecule has 1 aliphatic rings. The lowest BCUT2D eigenvalue weighted by atomic mass is 9.72. The van der Waals surface area contributed by atoms with Gasteiger partial charge in [0.1, 0.15) is 22.5 Å². The zero-order valence-electron chi connectivity index (χ0n) is 22.8. The van der Waals surface area contributed by atoms with Crippen molar-refractivity contribution >= 4 is 34.9 Å². The summed E-state index contributed by atoms with van der Waals surface area (Å²) in [5.74, 6) is -2.29. The Morgan fingerprint density at radius 1 is 1.21 bits per heavy atom. The minimum absolute atomic E-state index is 0.0373. The van der Waals surface area contributed by atoms with Gasteiger partial charge in [-0.15, -0.1) is 0 Å². The molecule has 2 aromatic heterocycles. The van der Waals surface area contributed by atoms with Gasteiger partial charge in [-0.1, -0.05) is 32.4 Å². The van der Waals surface area contributed by atoms with Crippen molar-refractivity contribution in [2.45, 2.75) is 59.9 Å². The van der Waals surface area contributed by atoms with E-state index in [-0.39, 0.29) is 41.0 Å². The van der Waals surface area contributed by atoms with Gasteiger partial charge >= 0.3 is 5.97 Å².